The van der Waals surface area contributed by atoms with Crippen LogP contribution in [0.15, 0.2) is 41.8 Å². The minimum atomic E-state index is -4.11. The van der Waals surface area contributed by atoms with Gasteiger partial charge in [0.05, 0.1) is 30.2 Å². The van der Waals surface area contributed by atoms with Crippen LogP contribution in [0.2, 0.25) is 0 Å². The normalized spacial score (nSPS) is 26.0. The van der Waals surface area contributed by atoms with Crippen molar-refractivity contribution < 1.29 is 32.3 Å². The number of thiazole rings is 1. The van der Waals surface area contributed by atoms with E-state index in [1.807, 2.05) is 41.8 Å². The highest BCUT2D eigenvalue weighted by molar-refractivity contribution is 7.87. The van der Waals surface area contributed by atoms with Gasteiger partial charge in [0.15, 0.2) is 0 Å². The number of nitrogens with one attached hydrogen (secondary N) is 2. The monoisotopic (exact) mass is 752 g/mol. The Morgan fingerprint density at radius 3 is 2.65 bits per heavy atom. The SMILES string of the molecule is CCN(C)S(=O)(=O)NC(=O)C12CC1/C=C\CCCCN(C)C(=O)C1CC(Oc3cc(-c4nc(C(C)C)cs4)nc4cc(OC)ccc34)CC1C(=O)N2. The van der Waals surface area contributed by atoms with Gasteiger partial charge in [-0.05, 0) is 56.6 Å². The Balaban J connectivity index is 1.32. The van der Waals surface area contributed by atoms with Gasteiger partial charge in [0.25, 0.3) is 5.91 Å². The lowest BCUT2D eigenvalue weighted by Gasteiger charge is -2.27. The first-order valence-corrected chi connectivity index (χ1v) is 20.2. The summed E-state index contributed by atoms with van der Waals surface area (Å²) in [6.07, 6.45) is 6.43. The zero-order chi connectivity index (χ0) is 37.4. The molecular weight excluding hydrogens is 705 g/mol. The predicted molar refractivity (Wildman–Crippen MR) is 199 cm³/mol. The van der Waals surface area contributed by atoms with Gasteiger partial charge >= 0.3 is 10.2 Å². The molecule has 52 heavy (non-hydrogen) atoms. The van der Waals surface area contributed by atoms with Crippen molar-refractivity contribution in [3.8, 4) is 22.2 Å². The lowest BCUT2D eigenvalue weighted by Crippen LogP contribution is -2.55. The molecular formula is C37H48N6O7S2. The largest absolute Gasteiger partial charge is 0.497 e. The maximum Gasteiger partial charge on any atom is 0.303 e. The van der Waals surface area contributed by atoms with Gasteiger partial charge in [-0.1, -0.05) is 32.9 Å². The number of ether oxygens (including phenoxy) is 2. The third-order valence-electron chi connectivity index (χ3n) is 10.5. The minimum absolute atomic E-state index is 0.161. The fourth-order valence-electron chi connectivity index (χ4n) is 7.02. The fraction of sp³-hybridized carbons (Fsp3) is 0.541. The zero-order valence-corrected chi connectivity index (χ0v) is 32.2. The Labute approximate surface area is 309 Å². The molecule has 1 aliphatic heterocycles. The van der Waals surface area contributed by atoms with Crippen LogP contribution in [0.4, 0.5) is 0 Å². The quantitative estimate of drug-likeness (QED) is 0.297. The van der Waals surface area contributed by atoms with E-state index in [1.165, 1.54) is 18.4 Å². The number of hydrogen-bond donors (Lipinski definition) is 2. The van der Waals surface area contributed by atoms with E-state index < -0.39 is 45.5 Å². The van der Waals surface area contributed by atoms with E-state index in [0.29, 0.717) is 29.3 Å². The molecule has 0 bridgehead atoms. The van der Waals surface area contributed by atoms with Crippen molar-refractivity contribution in [3.63, 3.8) is 0 Å². The number of amides is 3. The number of benzene rings is 1. The molecule has 3 heterocycles. The van der Waals surface area contributed by atoms with E-state index in [-0.39, 0.29) is 43.6 Å². The second kappa shape index (κ2) is 15.1. The topological polar surface area (TPSA) is 160 Å². The summed E-state index contributed by atoms with van der Waals surface area (Å²) in [5.41, 5.74) is 0.815. The highest BCUT2D eigenvalue weighted by atomic mass is 32.2. The summed E-state index contributed by atoms with van der Waals surface area (Å²) < 4.78 is 41.1. The second-order valence-electron chi connectivity index (χ2n) is 14.4. The Morgan fingerprint density at radius 1 is 1.17 bits per heavy atom. The van der Waals surface area contributed by atoms with E-state index in [1.54, 1.807) is 26.0 Å². The molecule has 3 amide bonds. The van der Waals surface area contributed by atoms with Crippen molar-refractivity contribution in [1.29, 1.82) is 0 Å². The maximum atomic E-state index is 14.3. The van der Waals surface area contributed by atoms with Crippen LogP contribution in [0.25, 0.3) is 21.6 Å². The molecule has 2 aliphatic carbocycles. The summed E-state index contributed by atoms with van der Waals surface area (Å²) in [6, 6.07) is 7.41. The van der Waals surface area contributed by atoms with Crippen LogP contribution in [-0.4, -0.2) is 91.2 Å². The van der Waals surface area contributed by atoms with Gasteiger partial charge in [0, 0.05) is 56.0 Å². The molecule has 0 spiro atoms. The molecule has 280 valence electrons. The van der Waals surface area contributed by atoms with Gasteiger partial charge in [0.2, 0.25) is 11.8 Å². The Morgan fingerprint density at radius 2 is 1.94 bits per heavy atom. The molecule has 5 atom stereocenters. The van der Waals surface area contributed by atoms with Crippen LogP contribution in [0.5, 0.6) is 11.5 Å². The molecule has 2 aromatic heterocycles. The molecule has 3 aromatic rings. The molecule has 3 aliphatic rings. The molecule has 0 radical (unpaired) electrons. The molecule has 5 unspecified atom stereocenters. The Bertz CT molecular complexity index is 1980. The first-order chi connectivity index (χ1) is 24.8. The first-order valence-electron chi connectivity index (χ1n) is 17.9. The summed E-state index contributed by atoms with van der Waals surface area (Å²) in [5.74, 6) is -1.89. The Kier molecular flexibility index (Phi) is 10.9. The van der Waals surface area contributed by atoms with Crippen LogP contribution in [0.3, 0.4) is 0 Å². The number of allylic oxidation sites excluding steroid dienone is 1. The van der Waals surface area contributed by atoms with Gasteiger partial charge in [0.1, 0.15) is 33.8 Å². The average Bonchev–Trinajstić information content (AvgIpc) is 3.42. The van der Waals surface area contributed by atoms with Crippen molar-refractivity contribution in [2.45, 2.75) is 76.9 Å². The van der Waals surface area contributed by atoms with Crippen molar-refractivity contribution in [1.82, 2.24) is 29.2 Å². The van der Waals surface area contributed by atoms with Crippen LogP contribution in [-0.2, 0) is 24.6 Å². The van der Waals surface area contributed by atoms with Crippen LogP contribution in [0.1, 0.15) is 70.9 Å². The number of carbonyl (C=O) groups is 3. The van der Waals surface area contributed by atoms with E-state index in [4.69, 9.17) is 19.4 Å². The van der Waals surface area contributed by atoms with Crippen LogP contribution < -0.4 is 19.5 Å². The number of nitrogens with zero attached hydrogens (tertiary/aromatic N) is 4. The van der Waals surface area contributed by atoms with Gasteiger partial charge in [-0.2, -0.15) is 12.7 Å². The Hall–Kier alpha value is -4.08. The highest BCUT2D eigenvalue weighted by Crippen LogP contribution is 2.47. The van der Waals surface area contributed by atoms with E-state index in [2.05, 4.69) is 23.9 Å². The number of pyridine rings is 1. The average molecular weight is 753 g/mol. The van der Waals surface area contributed by atoms with Crippen LogP contribution >= 0.6 is 11.3 Å². The number of aromatic nitrogens is 2. The molecule has 2 fully saturated rings. The maximum absolute atomic E-state index is 14.3. The van der Waals surface area contributed by atoms with Crippen molar-refractivity contribution in [3.05, 3.63) is 47.5 Å². The summed E-state index contributed by atoms with van der Waals surface area (Å²) in [7, 11) is 0.609. The third kappa shape index (κ3) is 7.67. The zero-order valence-electron chi connectivity index (χ0n) is 30.5. The molecule has 15 heteroatoms. The minimum Gasteiger partial charge on any atom is -0.497 e. The number of methoxy groups -OCH3 is 1. The van der Waals surface area contributed by atoms with Crippen molar-refractivity contribution in [2.24, 2.45) is 17.8 Å². The molecule has 2 N–H and O–H groups in total. The van der Waals surface area contributed by atoms with Gasteiger partial charge in [-0.15, -0.1) is 11.3 Å². The van der Waals surface area contributed by atoms with E-state index in [9.17, 15) is 22.8 Å². The fourth-order valence-corrected chi connectivity index (χ4v) is 8.88. The van der Waals surface area contributed by atoms with Gasteiger partial charge < -0.3 is 19.7 Å². The summed E-state index contributed by atoms with van der Waals surface area (Å²) in [6.45, 7) is 6.55. The molecule has 2 saturated carbocycles. The predicted octanol–water partition coefficient (Wildman–Crippen LogP) is 4.65. The van der Waals surface area contributed by atoms with Gasteiger partial charge in [-0.3, -0.25) is 14.4 Å². The lowest BCUT2D eigenvalue weighted by molar-refractivity contribution is -0.140. The first kappa shape index (κ1) is 37.7. The van der Waals surface area contributed by atoms with Crippen molar-refractivity contribution in [2.75, 3.05) is 34.3 Å². The molecule has 6 rings (SSSR count). The number of rotatable bonds is 9. The van der Waals surface area contributed by atoms with Crippen molar-refractivity contribution >= 4 is 50.2 Å². The lowest BCUT2D eigenvalue weighted by atomic mass is 9.93. The molecule has 13 nitrogen and oxygen atoms in total. The van der Waals surface area contributed by atoms with Crippen LogP contribution in [0, 0.1) is 17.8 Å². The summed E-state index contributed by atoms with van der Waals surface area (Å²) >= 11 is 1.50. The third-order valence-corrected chi connectivity index (χ3v) is 12.9. The van der Waals surface area contributed by atoms with E-state index in [0.717, 1.165) is 39.7 Å². The standard InChI is InChI=1S/C37H48N6O7S2/c1-7-43(5)52(47,48)41-36(46)37-20-23(37)12-10-8-9-11-15-42(4)35(45)28-17-25(16-27(28)33(44)40-37)50-32-19-30(34-39-31(21-51-34)22(2)3)38-29-18-24(49-6)13-14-26(29)32/h10,12-14,18-19,21-23,25,27-28H,7-9,11,15-17,20H2,1-6H3,(H,40,44)(H,41,46)/b12-10-. The number of fused-ring (bicyclic) bond motifs is 3. The highest BCUT2D eigenvalue weighted by Gasteiger charge is 2.62. The second-order valence-corrected chi connectivity index (χ2v) is 17.0. The van der Waals surface area contributed by atoms with E-state index >= 15 is 0 Å². The van der Waals surface area contributed by atoms with Gasteiger partial charge in [-0.25, -0.2) is 14.7 Å². The molecule has 0 saturated heterocycles. The molecule has 1 aromatic carbocycles. The summed E-state index contributed by atoms with van der Waals surface area (Å²) in [4.78, 5) is 53.3. The smallest absolute Gasteiger partial charge is 0.303 e. The number of hydrogen-bond acceptors (Lipinski definition) is 10. The number of carbonyl (C=O) groups excluding carboxylic acids is 3. The summed E-state index contributed by atoms with van der Waals surface area (Å²) in [5, 5.41) is 6.45.